The first kappa shape index (κ1) is 18.1. The molecule has 0 spiro atoms. The van der Waals surface area contributed by atoms with Gasteiger partial charge in [0, 0.05) is 18.9 Å². The van der Waals surface area contributed by atoms with Crippen molar-refractivity contribution < 1.29 is 14.3 Å². The number of ether oxygens (including phenoxy) is 1. The van der Waals surface area contributed by atoms with Crippen LogP contribution in [0.4, 0.5) is 4.79 Å². The van der Waals surface area contributed by atoms with E-state index < -0.39 is 0 Å². The predicted octanol–water partition coefficient (Wildman–Crippen LogP) is 4.49. The minimum Gasteiger partial charge on any atom is -0.446 e. The van der Waals surface area contributed by atoms with Gasteiger partial charge in [-0.1, -0.05) is 26.3 Å². The van der Waals surface area contributed by atoms with Crippen molar-refractivity contribution in [1.29, 1.82) is 0 Å². The highest BCUT2D eigenvalue weighted by atomic mass is 16.6. The largest absolute Gasteiger partial charge is 0.446 e. The van der Waals surface area contributed by atoms with Crippen LogP contribution in [0.2, 0.25) is 0 Å². The molecule has 7 atom stereocenters. The number of allylic oxidation sites excluding steroid dienone is 1. The number of carbonyl (C=O) groups is 2. The molecule has 3 fully saturated rings. The van der Waals surface area contributed by atoms with E-state index in [1.807, 2.05) is 6.08 Å². The van der Waals surface area contributed by atoms with Gasteiger partial charge in [-0.25, -0.2) is 4.79 Å². The lowest BCUT2D eigenvalue weighted by molar-refractivity contribution is -0.119. The number of hydrogen-bond acceptors (Lipinski definition) is 3. The molecule has 4 aliphatic rings. The molecule has 0 radical (unpaired) electrons. The number of ketones is 1. The average Bonchev–Trinajstić information content (AvgIpc) is 2.93. The van der Waals surface area contributed by atoms with E-state index in [2.05, 4.69) is 26.1 Å². The van der Waals surface area contributed by atoms with E-state index in [1.165, 1.54) is 12.0 Å². The Morgan fingerprint density at radius 3 is 2.69 bits per heavy atom. The van der Waals surface area contributed by atoms with Crippen LogP contribution in [-0.4, -0.2) is 25.0 Å². The first-order valence-electron chi connectivity index (χ1n) is 10.4. The number of fused-ring (bicyclic) bond motifs is 5. The van der Waals surface area contributed by atoms with E-state index in [-0.39, 0.29) is 23.0 Å². The SMILES string of the molecule is CNC(=O)OC1CCC2C3C(C)CC4=CC(=O)CCC4(C)C3CCC12C. The van der Waals surface area contributed by atoms with Gasteiger partial charge in [-0.3, -0.25) is 4.79 Å². The van der Waals surface area contributed by atoms with Crippen molar-refractivity contribution in [3.63, 3.8) is 0 Å². The molecule has 0 bridgehead atoms. The second-order valence-corrected chi connectivity index (χ2v) is 9.79. The summed E-state index contributed by atoms with van der Waals surface area (Å²) in [6.07, 6.45) is 9.00. The third-order valence-corrected chi connectivity index (χ3v) is 8.68. The summed E-state index contributed by atoms with van der Waals surface area (Å²) in [6, 6.07) is 0. The molecule has 3 saturated carbocycles. The van der Waals surface area contributed by atoms with Crippen molar-refractivity contribution in [2.45, 2.75) is 71.8 Å². The average molecular weight is 360 g/mol. The lowest BCUT2D eigenvalue weighted by Gasteiger charge is -2.59. The third-order valence-electron chi connectivity index (χ3n) is 8.68. The Morgan fingerprint density at radius 1 is 1.19 bits per heavy atom. The number of rotatable bonds is 1. The molecule has 4 rings (SSSR count). The molecule has 4 nitrogen and oxygen atoms in total. The minimum absolute atomic E-state index is 0.0401. The van der Waals surface area contributed by atoms with Crippen molar-refractivity contribution in [1.82, 2.24) is 5.32 Å². The molecule has 0 aliphatic heterocycles. The Labute approximate surface area is 157 Å². The van der Waals surface area contributed by atoms with Crippen LogP contribution in [0, 0.1) is 34.5 Å². The smallest absolute Gasteiger partial charge is 0.407 e. The fourth-order valence-corrected chi connectivity index (χ4v) is 7.24. The molecule has 144 valence electrons. The summed E-state index contributed by atoms with van der Waals surface area (Å²) < 4.78 is 5.79. The summed E-state index contributed by atoms with van der Waals surface area (Å²) in [4.78, 5) is 23.8. The Hall–Kier alpha value is -1.32. The lowest BCUT2D eigenvalue weighted by atomic mass is 9.45. The quantitative estimate of drug-likeness (QED) is 0.750. The van der Waals surface area contributed by atoms with Crippen molar-refractivity contribution in [3.8, 4) is 0 Å². The van der Waals surface area contributed by atoms with Gasteiger partial charge < -0.3 is 10.1 Å². The topological polar surface area (TPSA) is 55.4 Å². The molecule has 4 aliphatic carbocycles. The van der Waals surface area contributed by atoms with Gasteiger partial charge >= 0.3 is 6.09 Å². The maximum atomic E-state index is 12.0. The summed E-state index contributed by atoms with van der Waals surface area (Å²) in [6.45, 7) is 7.17. The van der Waals surface area contributed by atoms with Crippen molar-refractivity contribution in [2.24, 2.45) is 34.5 Å². The third kappa shape index (κ3) is 2.47. The van der Waals surface area contributed by atoms with Crippen LogP contribution in [0.3, 0.4) is 0 Å². The van der Waals surface area contributed by atoms with Gasteiger partial charge in [0.15, 0.2) is 5.78 Å². The van der Waals surface area contributed by atoms with Gasteiger partial charge in [0.05, 0.1) is 0 Å². The maximum Gasteiger partial charge on any atom is 0.407 e. The highest BCUT2D eigenvalue weighted by molar-refractivity contribution is 5.91. The van der Waals surface area contributed by atoms with Crippen LogP contribution in [-0.2, 0) is 9.53 Å². The van der Waals surface area contributed by atoms with E-state index in [9.17, 15) is 9.59 Å². The molecular weight excluding hydrogens is 326 g/mol. The normalized spacial score (nSPS) is 47.3. The highest BCUT2D eigenvalue weighted by Crippen LogP contribution is 2.66. The fourth-order valence-electron chi connectivity index (χ4n) is 7.24. The second-order valence-electron chi connectivity index (χ2n) is 9.79. The lowest BCUT2D eigenvalue weighted by Crippen LogP contribution is -2.54. The monoisotopic (exact) mass is 359 g/mol. The number of alkyl carbamates (subject to hydrolysis) is 1. The Kier molecular flexibility index (Phi) is 4.24. The summed E-state index contributed by atoms with van der Waals surface area (Å²) >= 11 is 0. The van der Waals surface area contributed by atoms with Crippen LogP contribution in [0.25, 0.3) is 0 Å². The van der Waals surface area contributed by atoms with Gasteiger partial charge in [-0.15, -0.1) is 0 Å². The Balaban J connectivity index is 1.64. The van der Waals surface area contributed by atoms with Gasteiger partial charge in [0.1, 0.15) is 6.10 Å². The van der Waals surface area contributed by atoms with Crippen molar-refractivity contribution >= 4 is 11.9 Å². The van der Waals surface area contributed by atoms with E-state index in [0.29, 0.717) is 35.9 Å². The van der Waals surface area contributed by atoms with Crippen LogP contribution >= 0.6 is 0 Å². The summed E-state index contributed by atoms with van der Waals surface area (Å²) in [7, 11) is 1.64. The minimum atomic E-state index is -0.293. The number of carbonyl (C=O) groups excluding carboxylic acids is 2. The molecule has 1 amide bonds. The molecule has 0 heterocycles. The molecule has 0 aromatic heterocycles. The molecule has 0 saturated heterocycles. The van der Waals surface area contributed by atoms with Crippen molar-refractivity contribution in [2.75, 3.05) is 7.05 Å². The maximum absolute atomic E-state index is 12.0. The van der Waals surface area contributed by atoms with Crippen molar-refractivity contribution in [3.05, 3.63) is 11.6 Å². The molecular formula is C22H33NO3. The molecule has 1 N–H and O–H groups in total. The van der Waals surface area contributed by atoms with E-state index in [0.717, 1.165) is 32.1 Å². The van der Waals surface area contributed by atoms with Crippen LogP contribution in [0.15, 0.2) is 11.6 Å². The zero-order valence-electron chi connectivity index (χ0n) is 16.6. The van der Waals surface area contributed by atoms with E-state index in [4.69, 9.17) is 4.74 Å². The summed E-state index contributed by atoms with van der Waals surface area (Å²) in [5.41, 5.74) is 1.72. The standard InChI is InChI=1S/C22H33NO3/c1-13-11-14-12-15(24)7-9-21(14,2)17-8-10-22(3)16(19(13)17)5-6-18(22)26-20(25)23-4/h12-13,16-19H,5-11H2,1-4H3,(H,23,25). The molecule has 4 heteroatoms. The summed E-state index contributed by atoms with van der Waals surface area (Å²) in [5, 5.41) is 2.62. The van der Waals surface area contributed by atoms with Crippen LogP contribution < -0.4 is 5.32 Å². The van der Waals surface area contributed by atoms with Crippen LogP contribution in [0.1, 0.15) is 65.7 Å². The van der Waals surface area contributed by atoms with Gasteiger partial charge in [0.25, 0.3) is 0 Å². The first-order chi connectivity index (χ1) is 12.3. The predicted molar refractivity (Wildman–Crippen MR) is 101 cm³/mol. The van der Waals surface area contributed by atoms with Gasteiger partial charge in [0.2, 0.25) is 0 Å². The molecule has 0 aromatic rings. The van der Waals surface area contributed by atoms with E-state index in [1.54, 1.807) is 7.05 Å². The first-order valence-corrected chi connectivity index (χ1v) is 10.4. The number of amides is 1. The summed E-state index contributed by atoms with van der Waals surface area (Å²) in [5.74, 6) is 2.91. The van der Waals surface area contributed by atoms with Gasteiger partial charge in [-0.2, -0.15) is 0 Å². The zero-order valence-corrected chi connectivity index (χ0v) is 16.6. The van der Waals surface area contributed by atoms with Crippen LogP contribution in [0.5, 0.6) is 0 Å². The Morgan fingerprint density at radius 2 is 1.96 bits per heavy atom. The fraction of sp³-hybridized carbons (Fsp3) is 0.818. The zero-order chi connectivity index (χ0) is 18.7. The molecule has 26 heavy (non-hydrogen) atoms. The molecule has 7 unspecified atom stereocenters. The highest BCUT2D eigenvalue weighted by Gasteiger charge is 2.61. The Bertz CT molecular complexity index is 656. The second kappa shape index (κ2) is 6.10. The number of hydrogen-bond donors (Lipinski definition) is 1. The molecule has 0 aromatic carbocycles. The number of nitrogens with one attached hydrogen (secondary N) is 1. The van der Waals surface area contributed by atoms with E-state index >= 15 is 0 Å². The van der Waals surface area contributed by atoms with Gasteiger partial charge in [-0.05, 0) is 73.7 Å².